The Labute approximate surface area is 219 Å². The number of rotatable bonds is 17. The van der Waals surface area contributed by atoms with Gasteiger partial charge >= 0.3 is 0 Å². The quantitative estimate of drug-likeness (QED) is 0.120. The van der Waals surface area contributed by atoms with E-state index in [0.717, 1.165) is 25.7 Å². The zero-order valence-electron chi connectivity index (χ0n) is 22.3. The van der Waals surface area contributed by atoms with Gasteiger partial charge in [0.25, 0.3) is 0 Å². The predicted molar refractivity (Wildman–Crippen MR) is 136 cm³/mol. The van der Waals surface area contributed by atoms with Gasteiger partial charge in [0.2, 0.25) is 17.7 Å². The number of aliphatic hydroxyl groups is 3. The van der Waals surface area contributed by atoms with Gasteiger partial charge in [-0.15, -0.1) is 0 Å². The zero-order valence-corrected chi connectivity index (χ0v) is 22.3. The molecule has 0 radical (unpaired) electrons. The van der Waals surface area contributed by atoms with Crippen molar-refractivity contribution in [1.82, 2.24) is 16.0 Å². The van der Waals surface area contributed by atoms with Gasteiger partial charge < -0.3 is 41.7 Å². The average molecular weight is 531 g/mol. The first-order valence-corrected chi connectivity index (χ1v) is 13.3. The number of hydrogen-bond acceptors (Lipinski definition) is 9. The van der Waals surface area contributed by atoms with Crippen molar-refractivity contribution in [2.45, 2.75) is 128 Å². The summed E-state index contributed by atoms with van der Waals surface area (Å²) in [4.78, 5) is 48.9. The highest BCUT2D eigenvalue weighted by Crippen LogP contribution is 2.20. The largest absolute Gasteiger partial charge is 0.394 e. The Balaban J connectivity index is 2.60. The van der Waals surface area contributed by atoms with Crippen molar-refractivity contribution in [3.05, 3.63) is 0 Å². The van der Waals surface area contributed by atoms with E-state index in [1.807, 2.05) is 0 Å². The lowest BCUT2D eigenvalue weighted by molar-refractivity contribution is -0.203. The molecule has 214 valence electrons. The fourth-order valence-electron chi connectivity index (χ4n) is 4.24. The van der Waals surface area contributed by atoms with E-state index in [2.05, 4.69) is 22.9 Å². The molecule has 37 heavy (non-hydrogen) atoms. The topological polar surface area (TPSA) is 200 Å². The van der Waals surface area contributed by atoms with Crippen molar-refractivity contribution in [3.63, 3.8) is 0 Å². The molecule has 1 aliphatic heterocycles. The fourth-order valence-corrected chi connectivity index (χ4v) is 4.24. The van der Waals surface area contributed by atoms with Gasteiger partial charge in [-0.1, -0.05) is 58.3 Å². The summed E-state index contributed by atoms with van der Waals surface area (Å²) in [6.45, 7) is 3.96. The number of nitrogens with one attached hydrogen (secondary N) is 3. The van der Waals surface area contributed by atoms with E-state index in [9.17, 15) is 34.5 Å². The maximum absolute atomic E-state index is 12.7. The van der Waals surface area contributed by atoms with Crippen LogP contribution in [-0.4, -0.2) is 88.1 Å². The molecule has 0 aromatic carbocycles. The van der Waals surface area contributed by atoms with Crippen LogP contribution in [0.25, 0.3) is 0 Å². The molecule has 0 aromatic rings. The van der Waals surface area contributed by atoms with E-state index in [0.29, 0.717) is 6.42 Å². The first-order valence-electron chi connectivity index (χ1n) is 13.3. The van der Waals surface area contributed by atoms with Gasteiger partial charge in [0.05, 0.1) is 25.1 Å². The van der Waals surface area contributed by atoms with E-state index in [1.165, 1.54) is 39.5 Å². The SMILES string of the molecule is CCCCCCCCCCC(N)C(=O)NC(CC(=O)N[C@@H]1OC(CO)[C@@H](O)[C@H](O)C1NC(C)=O)C(C)=O. The second-order valence-electron chi connectivity index (χ2n) is 9.80. The van der Waals surface area contributed by atoms with Gasteiger partial charge in [-0.3, -0.25) is 19.2 Å². The normalized spacial score (nSPS) is 25.1. The predicted octanol–water partition coefficient (Wildman–Crippen LogP) is -0.632. The van der Waals surface area contributed by atoms with Crippen LogP contribution >= 0.6 is 0 Å². The standard InChI is InChI=1S/C25H46N4O8/c1-4-5-6-7-8-9-10-11-12-17(26)24(36)28-18(15(2)31)13-20(33)29-25-21(27-16(3)32)23(35)22(34)19(14-30)37-25/h17-19,21-23,25,30,34-35H,4-14,26H2,1-3H3,(H,27,32)(H,28,36)(H,29,33)/t17?,18?,19?,21?,22-,23-,25-/m1/s1. The first-order chi connectivity index (χ1) is 17.5. The molecule has 0 aliphatic carbocycles. The lowest BCUT2D eigenvalue weighted by Gasteiger charge is -2.42. The molecule has 4 unspecified atom stereocenters. The molecule has 1 heterocycles. The van der Waals surface area contributed by atoms with Crippen LogP contribution < -0.4 is 21.7 Å². The molecule has 1 rings (SSSR count). The van der Waals surface area contributed by atoms with Gasteiger partial charge in [0.1, 0.15) is 24.4 Å². The Morgan fingerprint density at radius 1 is 0.919 bits per heavy atom. The summed E-state index contributed by atoms with van der Waals surface area (Å²) in [5.41, 5.74) is 5.99. The van der Waals surface area contributed by atoms with Crippen molar-refractivity contribution in [1.29, 1.82) is 0 Å². The number of ketones is 1. The van der Waals surface area contributed by atoms with Crippen LogP contribution in [0, 0.1) is 0 Å². The number of unbranched alkanes of at least 4 members (excludes halogenated alkanes) is 7. The summed E-state index contributed by atoms with van der Waals surface area (Å²) in [7, 11) is 0. The number of nitrogens with two attached hydrogens (primary N) is 1. The minimum atomic E-state index is -1.53. The van der Waals surface area contributed by atoms with Gasteiger partial charge in [0, 0.05) is 6.92 Å². The molecular formula is C25H46N4O8. The Morgan fingerprint density at radius 3 is 2.05 bits per heavy atom. The van der Waals surface area contributed by atoms with Gasteiger partial charge in [-0.05, 0) is 13.3 Å². The van der Waals surface area contributed by atoms with E-state index in [1.54, 1.807) is 0 Å². The Kier molecular flexibility index (Phi) is 15.5. The van der Waals surface area contributed by atoms with Crippen molar-refractivity contribution < 1.29 is 39.2 Å². The maximum Gasteiger partial charge on any atom is 0.237 e. The Hall–Kier alpha value is -2.12. The number of amides is 3. The van der Waals surface area contributed by atoms with Crippen LogP contribution in [-0.2, 0) is 23.9 Å². The van der Waals surface area contributed by atoms with Crippen LogP contribution in [0.5, 0.6) is 0 Å². The van der Waals surface area contributed by atoms with E-state index < -0.39 is 79.2 Å². The lowest BCUT2D eigenvalue weighted by Crippen LogP contribution is -2.68. The molecule has 8 N–H and O–H groups in total. The molecule has 0 spiro atoms. The lowest BCUT2D eigenvalue weighted by atomic mass is 9.95. The second-order valence-corrected chi connectivity index (χ2v) is 9.80. The fraction of sp³-hybridized carbons (Fsp3) is 0.840. The number of Topliss-reactive ketones (excluding diaryl/α,β-unsaturated/α-hetero) is 1. The molecule has 3 amide bonds. The summed E-state index contributed by atoms with van der Waals surface area (Å²) in [6.07, 6.45) is 3.41. The minimum absolute atomic E-state index is 0.430. The van der Waals surface area contributed by atoms with Crippen LogP contribution in [0.4, 0.5) is 0 Å². The summed E-state index contributed by atoms with van der Waals surface area (Å²) >= 11 is 0. The highest BCUT2D eigenvalue weighted by atomic mass is 16.5. The van der Waals surface area contributed by atoms with Crippen molar-refractivity contribution >= 4 is 23.5 Å². The summed E-state index contributed by atoms with van der Waals surface area (Å²) < 4.78 is 5.46. The summed E-state index contributed by atoms with van der Waals surface area (Å²) in [5.74, 6) is -2.23. The third kappa shape index (κ3) is 11.9. The Morgan fingerprint density at radius 2 is 1.51 bits per heavy atom. The van der Waals surface area contributed by atoms with Gasteiger partial charge in [-0.2, -0.15) is 0 Å². The Bertz CT molecular complexity index is 737. The second kappa shape index (κ2) is 17.4. The molecular weight excluding hydrogens is 484 g/mol. The third-order valence-corrected chi connectivity index (χ3v) is 6.50. The van der Waals surface area contributed by atoms with Crippen LogP contribution in [0.3, 0.4) is 0 Å². The van der Waals surface area contributed by atoms with Gasteiger partial charge in [-0.25, -0.2) is 0 Å². The highest BCUT2D eigenvalue weighted by molar-refractivity contribution is 5.93. The third-order valence-electron chi connectivity index (χ3n) is 6.50. The maximum atomic E-state index is 12.7. The molecule has 1 saturated heterocycles. The highest BCUT2D eigenvalue weighted by Gasteiger charge is 2.45. The molecule has 0 bridgehead atoms. The van der Waals surface area contributed by atoms with Crippen LogP contribution in [0.15, 0.2) is 0 Å². The smallest absolute Gasteiger partial charge is 0.237 e. The molecule has 0 saturated carbocycles. The molecule has 1 fully saturated rings. The van der Waals surface area contributed by atoms with Crippen LogP contribution in [0.1, 0.15) is 85.0 Å². The number of carbonyl (C=O) groups is 4. The van der Waals surface area contributed by atoms with E-state index in [-0.39, 0.29) is 0 Å². The molecule has 7 atom stereocenters. The molecule has 12 nitrogen and oxygen atoms in total. The van der Waals surface area contributed by atoms with Crippen LogP contribution in [0.2, 0.25) is 0 Å². The van der Waals surface area contributed by atoms with Crippen molar-refractivity contribution in [2.24, 2.45) is 5.73 Å². The van der Waals surface area contributed by atoms with E-state index in [4.69, 9.17) is 10.5 Å². The zero-order chi connectivity index (χ0) is 28.0. The minimum Gasteiger partial charge on any atom is -0.394 e. The number of carbonyl (C=O) groups excluding carboxylic acids is 4. The monoisotopic (exact) mass is 530 g/mol. The number of hydrogen-bond donors (Lipinski definition) is 7. The number of aliphatic hydroxyl groups excluding tert-OH is 3. The summed E-state index contributed by atoms with van der Waals surface area (Å²) in [5, 5.41) is 37.2. The van der Waals surface area contributed by atoms with Gasteiger partial charge in [0.15, 0.2) is 12.0 Å². The molecule has 12 heteroatoms. The average Bonchev–Trinajstić information content (AvgIpc) is 2.84. The first kappa shape index (κ1) is 32.9. The summed E-state index contributed by atoms with van der Waals surface area (Å²) in [6, 6.07) is -3.15. The molecule has 1 aliphatic rings. The number of ether oxygens (including phenoxy) is 1. The molecule has 0 aromatic heterocycles. The van der Waals surface area contributed by atoms with Crippen molar-refractivity contribution in [3.8, 4) is 0 Å². The van der Waals surface area contributed by atoms with Crippen molar-refractivity contribution in [2.75, 3.05) is 6.61 Å². The van der Waals surface area contributed by atoms with E-state index >= 15 is 0 Å².